The predicted octanol–water partition coefficient (Wildman–Crippen LogP) is 2.00. The van der Waals surface area contributed by atoms with Gasteiger partial charge in [-0.1, -0.05) is 11.6 Å². The van der Waals surface area contributed by atoms with Gasteiger partial charge in [0, 0.05) is 24.2 Å². The lowest BCUT2D eigenvalue weighted by Crippen LogP contribution is -2.43. The molecule has 8 nitrogen and oxygen atoms in total. The first kappa shape index (κ1) is 18.8. The number of aryl methyl sites for hydroxylation is 1. The quantitative estimate of drug-likeness (QED) is 0.745. The number of rotatable bonds is 3. The zero-order chi connectivity index (χ0) is 19.9. The van der Waals surface area contributed by atoms with Gasteiger partial charge in [-0.05, 0) is 61.7 Å². The van der Waals surface area contributed by atoms with Crippen molar-refractivity contribution in [2.24, 2.45) is 0 Å². The molecule has 3 heterocycles. The molecule has 0 radical (unpaired) electrons. The maximum Gasteiger partial charge on any atom is 0.253 e. The van der Waals surface area contributed by atoms with E-state index in [1.807, 2.05) is 29.8 Å². The number of aromatic amines is 1. The topological polar surface area (TPSA) is 88.9 Å². The van der Waals surface area contributed by atoms with Gasteiger partial charge in [0.15, 0.2) is 5.82 Å². The Hall–Kier alpha value is -2.58. The second kappa shape index (κ2) is 7.10. The number of benzene rings is 1. The minimum absolute atomic E-state index is 0.115. The molecule has 148 valence electrons. The molecule has 1 aromatic carbocycles. The van der Waals surface area contributed by atoms with Crippen molar-refractivity contribution >= 4 is 10.9 Å². The SMILES string of the molecule is Cc1ccc2[nH]c(=O)c([C@@H](c3nnnn3C(C)(C)C)N3CCOCC3)cc2c1. The van der Waals surface area contributed by atoms with Crippen LogP contribution in [0.5, 0.6) is 0 Å². The summed E-state index contributed by atoms with van der Waals surface area (Å²) in [5.41, 5.74) is 2.21. The van der Waals surface area contributed by atoms with E-state index in [0.29, 0.717) is 37.7 Å². The largest absolute Gasteiger partial charge is 0.379 e. The summed E-state index contributed by atoms with van der Waals surface area (Å²) in [6.45, 7) is 10.9. The van der Waals surface area contributed by atoms with Crippen molar-refractivity contribution in [3.8, 4) is 0 Å². The summed E-state index contributed by atoms with van der Waals surface area (Å²) in [6.07, 6.45) is 0. The predicted molar refractivity (Wildman–Crippen MR) is 106 cm³/mol. The second-order valence-corrected chi connectivity index (χ2v) is 8.32. The van der Waals surface area contributed by atoms with Gasteiger partial charge in [-0.3, -0.25) is 9.69 Å². The Morgan fingerprint density at radius 3 is 2.64 bits per heavy atom. The zero-order valence-corrected chi connectivity index (χ0v) is 16.8. The fourth-order valence-electron chi connectivity index (χ4n) is 3.72. The van der Waals surface area contributed by atoms with E-state index in [2.05, 4.69) is 52.2 Å². The highest BCUT2D eigenvalue weighted by molar-refractivity contribution is 5.79. The van der Waals surface area contributed by atoms with Gasteiger partial charge in [-0.15, -0.1) is 5.10 Å². The molecule has 1 aliphatic heterocycles. The van der Waals surface area contributed by atoms with Crippen molar-refractivity contribution in [2.75, 3.05) is 26.3 Å². The molecule has 0 aliphatic carbocycles. The van der Waals surface area contributed by atoms with Crippen molar-refractivity contribution in [2.45, 2.75) is 39.3 Å². The number of nitrogens with zero attached hydrogens (tertiary/aromatic N) is 5. The van der Waals surface area contributed by atoms with E-state index in [9.17, 15) is 4.79 Å². The Bertz CT molecular complexity index is 1040. The average molecular weight is 382 g/mol. The fourth-order valence-corrected chi connectivity index (χ4v) is 3.72. The average Bonchev–Trinajstić information content (AvgIpc) is 3.13. The van der Waals surface area contributed by atoms with E-state index in [-0.39, 0.29) is 17.1 Å². The molecule has 0 bridgehead atoms. The van der Waals surface area contributed by atoms with Gasteiger partial charge in [0.1, 0.15) is 6.04 Å². The Labute approximate surface area is 163 Å². The number of hydrogen-bond donors (Lipinski definition) is 1. The smallest absolute Gasteiger partial charge is 0.253 e. The molecule has 1 atom stereocenters. The molecule has 3 aromatic rings. The van der Waals surface area contributed by atoms with E-state index in [1.54, 1.807) is 0 Å². The Morgan fingerprint density at radius 1 is 1.18 bits per heavy atom. The molecule has 1 fully saturated rings. The molecule has 1 aliphatic rings. The number of pyridine rings is 1. The van der Waals surface area contributed by atoms with Crippen LogP contribution in [0.4, 0.5) is 0 Å². The van der Waals surface area contributed by atoms with E-state index < -0.39 is 0 Å². The van der Waals surface area contributed by atoms with Crippen molar-refractivity contribution in [1.82, 2.24) is 30.1 Å². The van der Waals surface area contributed by atoms with Crippen LogP contribution in [0.3, 0.4) is 0 Å². The lowest BCUT2D eigenvalue weighted by Gasteiger charge is -2.34. The molecular weight excluding hydrogens is 356 g/mol. The highest BCUT2D eigenvalue weighted by Crippen LogP contribution is 2.29. The van der Waals surface area contributed by atoms with E-state index in [0.717, 1.165) is 16.5 Å². The summed E-state index contributed by atoms with van der Waals surface area (Å²) < 4.78 is 7.34. The first-order valence-electron chi connectivity index (χ1n) is 9.59. The summed E-state index contributed by atoms with van der Waals surface area (Å²) in [6, 6.07) is 7.66. The van der Waals surface area contributed by atoms with Gasteiger partial charge in [0.25, 0.3) is 5.56 Å². The van der Waals surface area contributed by atoms with Crippen LogP contribution in [0.2, 0.25) is 0 Å². The number of H-pyrrole nitrogens is 1. The standard InChI is InChI=1S/C20H26N6O2/c1-13-5-6-16-14(11-13)12-15(19(27)21-16)17(25-7-9-28-10-8-25)18-22-23-24-26(18)20(2,3)4/h5-6,11-12,17H,7-10H2,1-4H3,(H,21,27)/t17-/m0/s1. The van der Waals surface area contributed by atoms with E-state index in [1.165, 1.54) is 0 Å². The third kappa shape index (κ3) is 3.45. The molecule has 0 amide bonds. The summed E-state index contributed by atoms with van der Waals surface area (Å²) in [5.74, 6) is 0.673. The monoisotopic (exact) mass is 382 g/mol. The van der Waals surface area contributed by atoms with Gasteiger partial charge in [0.2, 0.25) is 0 Å². The Kier molecular flexibility index (Phi) is 4.76. The van der Waals surface area contributed by atoms with Gasteiger partial charge < -0.3 is 9.72 Å². The fraction of sp³-hybridized carbons (Fsp3) is 0.500. The number of tetrazole rings is 1. The van der Waals surface area contributed by atoms with Crippen LogP contribution in [-0.2, 0) is 10.3 Å². The summed E-state index contributed by atoms with van der Waals surface area (Å²) in [5, 5.41) is 13.5. The van der Waals surface area contributed by atoms with Gasteiger partial charge in [-0.25, -0.2) is 4.68 Å². The molecule has 28 heavy (non-hydrogen) atoms. The zero-order valence-electron chi connectivity index (χ0n) is 16.8. The highest BCUT2D eigenvalue weighted by atomic mass is 16.5. The summed E-state index contributed by atoms with van der Waals surface area (Å²) in [4.78, 5) is 18.3. The number of fused-ring (bicyclic) bond motifs is 1. The van der Waals surface area contributed by atoms with Crippen molar-refractivity contribution in [3.05, 3.63) is 51.6 Å². The number of aromatic nitrogens is 5. The van der Waals surface area contributed by atoms with E-state index in [4.69, 9.17) is 4.74 Å². The van der Waals surface area contributed by atoms with Crippen LogP contribution in [0.1, 0.15) is 43.8 Å². The van der Waals surface area contributed by atoms with Gasteiger partial charge in [0.05, 0.1) is 18.8 Å². The lowest BCUT2D eigenvalue weighted by atomic mass is 10.0. The van der Waals surface area contributed by atoms with Gasteiger partial charge >= 0.3 is 0 Å². The Morgan fingerprint density at radius 2 is 1.93 bits per heavy atom. The number of morpholine rings is 1. The molecule has 8 heteroatoms. The van der Waals surface area contributed by atoms with Crippen LogP contribution in [-0.4, -0.2) is 56.4 Å². The third-order valence-corrected chi connectivity index (χ3v) is 5.11. The van der Waals surface area contributed by atoms with Crippen molar-refractivity contribution < 1.29 is 4.74 Å². The normalized spacial score (nSPS) is 17.1. The minimum Gasteiger partial charge on any atom is -0.379 e. The summed E-state index contributed by atoms with van der Waals surface area (Å²) >= 11 is 0. The lowest BCUT2D eigenvalue weighted by molar-refractivity contribution is 0.0206. The van der Waals surface area contributed by atoms with E-state index >= 15 is 0 Å². The maximum atomic E-state index is 13.1. The van der Waals surface area contributed by atoms with Crippen LogP contribution in [0.25, 0.3) is 10.9 Å². The van der Waals surface area contributed by atoms with Gasteiger partial charge in [-0.2, -0.15) is 0 Å². The van der Waals surface area contributed by atoms with Crippen LogP contribution >= 0.6 is 0 Å². The summed E-state index contributed by atoms with van der Waals surface area (Å²) in [7, 11) is 0. The second-order valence-electron chi connectivity index (χ2n) is 8.32. The maximum absolute atomic E-state index is 13.1. The van der Waals surface area contributed by atoms with Crippen molar-refractivity contribution in [3.63, 3.8) is 0 Å². The van der Waals surface area contributed by atoms with Crippen LogP contribution in [0.15, 0.2) is 29.1 Å². The first-order valence-corrected chi connectivity index (χ1v) is 9.59. The Balaban J connectivity index is 1.92. The van der Waals surface area contributed by atoms with Crippen LogP contribution in [0, 0.1) is 6.92 Å². The molecule has 0 spiro atoms. The first-order chi connectivity index (χ1) is 13.3. The molecule has 1 N–H and O–H groups in total. The van der Waals surface area contributed by atoms with Crippen LogP contribution < -0.4 is 5.56 Å². The molecule has 1 saturated heterocycles. The molecular formula is C20H26N6O2. The molecule has 2 aromatic heterocycles. The third-order valence-electron chi connectivity index (χ3n) is 5.11. The van der Waals surface area contributed by atoms with Crippen molar-refractivity contribution in [1.29, 1.82) is 0 Å². The number of ether oxygens (including phenoxy) is 1. The highest BCUT2D eigenvalue weighted by Gasteiger charge is 2.34. The molecule has 4 rings (SSSR count). The molecule has 0 saturated carbocycles. The molecule has 0 unspecified atom stereocenters. The number of hydrogen-bond acceptors (Lipinski definition) is 6. The minimum atomic E-state index is -0.341. The number of nitrogens with one attached hydrogen (secondary N) is 1.